The molecule has 3 heterocycles. The first-order valence-electron chi connectivity index (χ1n) is 10.6. The highest BCUT2D eigenvalue weighted by Gasteiger charge is 2.57. The number of imide groups is 2. The van der Waals surface area contributed by atoms with Gasteiger partial charge in [0, 0.05) is 25.0 Å². The second-order valence-corrected chi connectivity index (χ2v) is 9.39. The van der Waals surface area contributed by atoms with Crippen LogP contribution in [0.2, 0.25) is 0 Å². The summed E-state index contributed by atoms with van der Waals surface area (Å²) in [6.45, 7) is 6.22. The van der Waals surface area contributed by atoms with Gasteiger partial charge in [0.05, 0.1) is 11.1 Å². The van der Waals surface area contributed by atoms with Crippen molar-refractivity contribution in [2.24, 2.45) is 11.3 Å². The number of nitrogens with one attached hydrogen (secondary N) is 3. The van der Waals surface area contributed by atoms with Crippen LogP contribution in [0.1, 0.15) is 59.4 Å². The van der Waals surface area contributed by atoms with Gasteiger partial charge < -0.3 is 10.6 Å². The molecule has 4 amide bonds. The normalized spacial score (nSPS) is 32.0. The number of hydrogen-bond donors (Lipinski definition) is 3. The number of carbonyl (C=O) groups excluding carboxylic acids is 4. The summed E-state index contributed by atoms with van der Waals surface area (Å²) < 4.78 is 0. The first-order valence-corrected chi connectivity index (χ1v) is 10.6. The van der Waals surface area contributed by atoms with E-state index < -0.39 is 23.8 Å². The van der Waals surface area contributed by atoms with E-state index in [9.17, 15) is 19.2 Å². The zero-order valence-electron chi connectivity index (χ0n) is 17.2. The van der Waals surface area contributed by atoms with E-state index >= 15 is 0 Å². The predicted molar refractivity (Wildman–Crippen MR) is 107 cm³/mol. The fourth-order valence-electron chi connectivity index (χ4n) is 5.79. The average molecular weight is 410 g/mol. The molecular formula is C22H26N4O4. The summed E-state index contributed by atoms with van der Waals surface area (Å²) in [6, 6.07) is 5.31. The third-order valence-corrected chi connectivity index (χ3v) is 7.33. The van der Waals surface area contributed by atoms with E-state index in [1.807, 2.05) is 6.07 Å². The lowest BCUT2D eigenvalue weighted by Crippen LogP contribution is -2.68. The number of piperidine rings is 1. The van der Waals surface area contributed by atoms with Crippen LogP contribution < -0.4 is 16.0 Å². The molecule has 0 aromatic heterocycles. The molecule has 0 bridgehead atoms. The molecule has 1 aromatic rings. The first kappa shape index (κ1) is 19.4. The van der Waals surface area contributed by atoms with Crippen LogP contribution in [0.15, 0.2) is 18.2 Å². The van der Waals surface area contributed by atoms with Gasteiger partial charge in [0.25, 0.3) is 11.8 Å². The van der Waals surface area contributed by atoms with Crippen molar-refractivity contribution in [3.05, 3.63) is 34.9 Å². The molecule has 0 radical (unpaired) electrons. The van der Waals surface area contributed by atoms with Crippen LogP contribution in [0, 0.1) is 11.3 Å². The number of nitrogens with zero attached hydrogens (tertiary/aromatic N) is 1. The fourth-order valence-corrected chi connectivity index (χ4v) is 5.79. The minimum absolute atomic E-state index is 0.118. The van der Waals surface area contributed by atoms with E-state index in [0.717, 1.165) is 17.0 Å². The lowest BCUT2D eigenvalue weighted by Gasteiger charge is -2.56. The molecule has 1 aromatic carbocycles. The highest BCUT2D eigenvalue weighted by atomic mass is 16.2. The Hall–Kier alpha value is -2.58. The van der Waals surface area contributed by atoms with Crippen molar-refractivity contribution in [3.63, 3.8) is 0 Å². The van der Waals surface area contributed by atoms with Gasteiger partial charge in [0.1, 0.15) is 6.04 Å². The summed E-state index contributed by atoms with van der Waals surface area (Å²) in [5, 5.41) is 9.45. The Balaban J connectivity index is 1.31. The van der Waals surface area contributed by atoms with Gasteiger partial charge in [-0.1, -0.05) is 19.9 Å². The lowest BCUT2D eigenvalue weighted by molar-refractivity contribution is -0.136. The molecule has 30 heavy (non-hydrogen) atoms. The summed E-state index contributed by atoms with van der Waals surface area (Å²) in [4.78, 5) is 50.3. The summed E-state index contributed by atoms with van der Waals surface area (Å²) in [5.74, 6) is -1.27. The topological polar surface area (TPSA) is 108 Å². The van der Waals surface area contributed by atoms with Crippen LogP contribution in [0.3, 0.4) is 0 Å². The minimum atomic E-state index is -0.931. The maximum Gasteiger partial charge on any atom is 0.262 e. The quantitative estimate of drug-likeness (QED) is 0.627. The van der Waals surface area contributed by atoms with Crippen molar-refractivity contribution in [3.8, 4) is 0 Å². The molecule has 0 spiro atoms. The fraction of sp³-hybridized carbons (Fsp3) is 0.545. The second kappa shape index (κ2) is 6.72. The molecule has 5 rings (SSSR count). The van der Waals surface area contributed by atoms with E-state index in [0.29, 0.717) is 35.7 Å². The van der Waals surface area contributed by atoms with Crippen molar-refractivity contribution in [2.75, 3.05) is 6.54 Å². The maximum absolute atomic E-state index is 13.0. The summed E-state index contributed by atoms with van der Waals surface area (Å²) in [7, 11) is 0. The predicted octanol–water partition coefficient (Wildman–Crippen LogP) is 0.564. The highest BCUT2D eigenvalue weighted by molar-refractivity contribution is 6.23. The van der Waals surface area contributed by atoms with Gasteiger partial charge >= 0.3 is 0 Å². The van der Waals surface area contributed by atoms with E-state index in [2.05, 4.69) is 29.8 Å². The van der Waals surface area contributed by atoms with Gasteiger partial charge in [-0.25, -0.2) is 0 Å². The first-order chi connectivity index (χ1) is 14.3. The smallest absolute Gasteiger partial charge is 0.262 e. The lowest BCUT2D eigenvalue weighted by atomic mass is 9.56. The molecule has 3 N–H and O–H groups in total. The van der Waals surface area contributed by atoms with Gasteiger partial charge in [-0.05, 0) is 48.4 Å². The SMILES string of the molecule is CC1(C)C2NCCC2C1NCc1ccc2c(c1)C(=O)N(C1CCC(=O)NC1=O)C2=O. The second-order valence-electron chi connectivity index (χ2n) is 9.39. The number of benzene rings is 1. The van der Waals surface area contributed by atoms with E-state index in [1.54, 1.807) is 12.1 Å². The van der Waals surface area contributed by atoms with Crippen molar-refractivity contribution >= 4 is 23.6 Å². The Morgan fingerprint density at radius 1 is 1.10 bits per heavy atom. The monoisotopic (exact) mass is 410 g/mol. The number of fused-ring (bicyclic) bond motifs is 2. The molecule has 8 heteroatoms. The van der Waals surface area contributed by atoms with E-state index in [1.165, 1.54) is 6.42 Å². The number of carbonyl (C=O) groups is 4. The van der Waals surface area contributed by atoms with E-state index in [4.69, 9.17) is 0 Å². The van der Waals surface area contributed by atoms with Crippen molar-refractivity contribution in [1.82, 2.24) is 20.9 Å². The average Bonchev–Trinajstić information content (AvgIpc) is 3.25. The summed E-state index contributed by atoms with van der Waals surface area (Å²) >= 11 is 0. The van der Waals surface area contributed by atoms with Crippen LogP contribution in [0.25, 0.3) is 0 Å². The van der Waals surface area contributed by atoms with Crippen LogP contribution in [-0.4, -0.2) is 53.2 Å². The Morgan fingerprint density at radius 2 is 1.87 bits per heavy atom. The standard InChI is InChI=1S/C22H26N4O4/c1-22(2)17-13(7-8-23-17)18(22)24-10-11-3-4-12-14(9-11)21(30)26(20(12)29)15-5-6-16(27)25-19(15)28/h3-4,9,13,15,17-18,23-24H,5-8,10H2,1-2H3,(H,25,27,28). The Bertz CT molecular complexity index is 972. The van der Waals surface area contributed by atoms with Crippen LogP contribution in [0.4, 0.5) is 0 Å². The number of rotatable bonds is 4. The molecule has 3 fully saturated rings. The Labute approximate surface area is 174 Å². The molecule has 1 saturated carbocycles. The zero-order valence-corrected chi connectivity index (χ0v) is 17.2. The van der Waals surface area contributed by atoms with Gasteiger partial charge in [0.15, 0.2) is 0 Å². The third-order valence-electron chi connectivity index (χ3n) is 7.33. The minimum Gasteiger partial charge on any atom is -0.313 e. The Morgan fingerprint density at radius 3 is 2.63 bits per heavy atom. The largest absolute Gasteiger partial charge is 0.313 e. The number of hydrogen-bond acceptors (Lipinski definition) is 6. The van der Waals surface area contributed by atoms with E-state index in [-0.39, 0.29) is 24.2 Å². The van der Waals surface area contributed by atoms with Crippen LogP contribution in [-0.2, 0) is 16.1 Å². The molecule has 1 aliphatic carbocycles. The molecule has 158 valence electrons. The van der Waals surface area contributed by atoms with Gasteiger partial charge in [-0.15, -0.1) is 0 Å². The number of amides is 4. The third kappa shape index (κ3) is 2.74. The maximum atomic E-state index is 13.0. The van der Waals surface area contributed by atoms with Crippen molar-refractivity contribution in [2.45, 2.75) is 57.8 Å². The molecular weight excluding hydrogens is 384 g/mol. The van der Waals surface area contributed by atoms with Crippen LogP contribution >= 0.6 is 0 Å². The molecule has 2 saturated heterocycles. The molecule has 8 nitrogen and oxygen atoms in total. The van der Waals surface area contributed by atoms with Crippen molar-refractivity contribution < 1.29 is 19.2 Å². The van der Waals surface area contributed by atoms with Gasteiger partial charge in [-0.3, -0.25) is 29.4 Å². The zero-order chi connectivity index (χ0) is 21.2. The molecule has 4 aliphatic rings. The summed E-state index contributed by atoms with van der Waals surface area (Å²) in [5.41, 5.74) is 1.76. The Kier molecular flexibility index (Phi) is 4.34. The van der Waals surface area contributed by atoms with Crippen molar-refractivity contribution in [1.29, 1.82) is 0 Å². The molecule has 4 unspecified atom stereocenters. The highest BCUT2D eigenvalue weighted by Crippen LogP contribution is 2.49. The van der Waals surface area contributed by atoms with Gasteiger partial charge in [0.2, 0.25) is 11.8 Å². The molecule has 4 atom stereocenters. The van der Waals surface area contributed by atoms with Crippen LogP contribution in [0.5, 0.6) is 0 Å². The summed E-state index contributed by atoms with van der Waals surface area (Å²) in [6.07, 6.45) is 1.45. The van der Waals surface area contributed by atoms with Gasteiger partial charge in [-0.2, -0.15) is 0 Å². The molecule has 3 aliphatic heterocycles.